The van der Waals surface area contributed by atoms with Crippen LogP contribution in [0.1, 0.15) is 12.0 Å². The third-order valence-corrected chi connectivity index (χ3v) is 6.63. The molecule has 2 aliphatic rings. The van der Waals surface area contributed by atoms with E-state index in [2.05, 4.69) is 37.3 Å². The third kappa shape index (κ3) is 2.13. The van der Waals surface area contributed by atoms with Crippen LogP contribution in [-0.4, -0.2) is 52.8 Å². The molecule has 2 bridgehead atoms. The Hall–Kier alpha value is -2.35. The molecule has 3 atom stereocenters. The first kappa shape index (κ1) is 14.0. The highest BCUT2D eigenvalue weighted by Crippen LogP contribution is 2.35. The SMILES string of the molecule is O=S1C[C@@H]2C[C@H]1CN2c1ncnc2c1nnn2Cc1ccccc1. The molecule has 1 aromatic carbocycles. The fraction of sp³-hybridized carbons (Fsp3) is 0.375. The zero-order valence-corrected chi connectivity index (χ0v) is 13.8. The Balaban J connectivity index is 1.52. The number of nitrogens with zero attached hydrogens (tertiary/aromatic N) is 6. The van der Waals surface area contributed by atoms with E-state index in [9.17, 15) is 4.21 Å². The second-order valence-corrected chi connectivity index (χ2v) is 8.07. The molecule has 0 spiro atoms. The van der Waals surface area contributed by atoms with Gasteiger partial charge in [-0.25, -0.2) is 14.6 Å². The van der Waals surface area contributed by atoms with E-state index in [0.717, 1.165) is 41.3 Å². The van der Waals surface area contributed by atoms with Gasteiger partial charge in [-0.3, -0.25) is 4.21 Å². The lowest BCUT2D eigenvalue weighted by molar-refractivity contribution is 0.664. The van der Waals surface area contributed by atoms with Gasteiger partial charge in [0.1, 0.15) is 6.33 Å². The molecule has 8 heteroatoms. The van der Waals surface area contributed by atoms with Crippen LogP contribution < -0.4 is 4.90 Å². The summed E-state index contributed by atoms with van der Waals surface area (Å²) in [4.78, 5) is 11.1. The van der Waals surface area contributed by atoms with Crippen molar-refractivity contribution in [2.45, 2.75) is 24.3 Å². The van der Waals surface area contributed by atoms with Gasteiger partial charge in [0.25, 0.3) is 0 Å². The van der Waals surface area contributed by atoms with Crippen LogP contribution in [0.25, 0.3) is 11.2 Å². The zero-order chi connectivity index (χ0) is 16.1. The summed E-state index contributed by atoms with van der Waals surface area (Å²) in [6, 6.07) is 10.4. The maximum absolute atomic E-state index is 11.9. The predicted molar refractivity (Wildman–Crippen MR) is 91.2 cm³/mol. The Morgan fingerprint density at radius 3 is 2.83 bits per heavy atom. The molecule has 7 nitrogen and oxygen atoms in total. The molecule has 0 amide bonds. The molecule has 4 heterocycles. The normalized spacial score (nSPS) is 25.7. The highest BCUT2D eigenvalue weighted by atomic mass is 32.2. The van der Waals surface area contributed by atoms with Crippen LogP contribution in [0.5, 0.6) is 0 Å². The monoisotopic (exact) mass is 340 g/mol. The molecule has 0 saturated carbocycles. The summed E-state index contributed by atoms with van der Waals surface area (Å²) in [6.45, 7) is 1.42. The topological polar surface area (TPSA) is 76.8 Å². The van der Waals surface area contributed by atoms with Crippen molar-refractivity contribution in [1.82, 2.24) is 25.0 Å². The van der Waals surface area contributed by atoms with Crippen molar-refractivity contribution in [3.8, 4) is 0 Å². The Labute approximate surface area is 141 Å². The van der Waals surface area contributed by atoms with Crippen molar-refractivity contribution in [3.05, 3.63) is 42.2 Å². The van der Waals surface area contributed by atoms with Gasteiger partial charge in [-0.2, -0.15) is 0 Å². The van der Waals surface area contributed by atoms with Gasteiger partial charge >= 0.3 is 0 Å². The molecule has 5 rings (SSSR count). The van der Waals surface area contributed by atoms with Crippen molar-refractivity contribution < 1.29 is 4.21 Å². The van der Waals surface area contributed by atoms with Crippen molar-refractivity contribution in [2.75, 3.05) is 17.2 Å². The summed E-state index contributed by atoms with van der Waals surface area (Å²) in [5.74, 6) is 1.55. The number of fused-ring (bicyclic) bond motifs is 3. The number of rotatable bonds is 3. The van der Waals surface area contributed by atoms with Gasteiger partial charge in [-0.15, -0.1) is 5.10 Å². The molecular weight excluding hydrogens is 324 g/mol. The minimum Gasteiger partial charge on any atom is -0.349 e. The highest BCUT2D eigenvalue weighted by Gasteiger charge is 2.44. The lowest BCUT2D eigenvalue weighted by Gasteiger charge is -2.27. The van der Waals surface area contributed by atoms with E-state index in [-0.39, 0.29) is 5.25 Å². The quantitative estimate of drug-likeness (QED) is 0.707. The molecular formula is C16H16N6OS. The van der Waals surface area contributed by atoms with Gasteiger partial charge in [0, 0.05) is 29.1 Å². The second kappa shape index (κ2) is 5.34. The van der Waals surface area contributed by atoms with Gasteiger partial charge in [0.05, 0.1) is 11.8 Å². The van der Waals surface area contributed by atoms with E-state index in [1.165, 1.54) is 0 Å². The van der Waals surface area contributed by atoms with Gasteiger partial charge in [0.2, 0.25) is 0 Å². The second-order valence-electron chi connectivity index (χ2n) is 6.31. The van der Waals surface area contributed by atoms with Crippen LogP contribution in [0.15, 0.2) is 36.7 Å². The predicted octanol–water partition coefficient (Wildman–Crippen LogP) is 0.979. The summed E-state index contributed by atoms with van der Waals surface area (Å²) in [7, 11) is -0.687. The Morgan fingerprint density at radius 2 is 2.08 bits per heavy atom. The van der Waals surface area contributed by atoms with Crippen LogP contribution in [0.3, 0.4) is 0 Å². The molecule has 2 aromatic heterocycles. The van der Waals surface area contributed by atoms with Crippen molar-refractivity contribution in [3.63, 3.8) is 0 Å². The van der Waals surface area contributed by atoms with Crippen molar-refractivity contribution >= 4 is 27.8 Å². The van der Waals surface area contributed by atoms with Gasteiger partial charge in [-0.05, 0) is 12.0 Å². The lowest BCUT2D eigenvalue weighted by atomic mass is 10.2. The van der Waals surface area contributed by atoms with Crippen LogP contribution in [0.4, 0.5) is 5.82 Å². The average molecular weight is 340 g/mol. The van der Waals surface area contributed by atoms with Crippen LogP contribution >= 0.6 is 0 Å². The molecule has 0 aliphatic carbocycles. The number of aromatic nitrogens is 5. The summed E-state index contributed by atoms with van der Waals surface area (Å²) in [5.41, 5.74) is 2.62. The fourth-order valence-electron chi connectivity index (χ4n) is 3.66. The number of hydrogen-bond donors (Lipinski definition) is 0. The molecule has 2 fully saturated rings. The molecule has 0 radical (unpaired) electrons. The van der Waals surface area contributed by atoms with Crippen LogP contribution in [-0.2, 0) is 17.3 Å². The van der Waals surface area contributed by atoms with E-state index in [1.807, 2.05) is 22.9 Å². The van der Waals surface area contributed by atoms with Crippen LogP contribution in [0, 0.1) is 0 Å². The minimum atomic E-state index is -0.687. The van der Waals surface area contributed by atoms with Gasteiger partial charge < -0.3 is 4.90 Å². The molecule has 122 valence electrons. The highest BCUT2D eigenvalue weighted by molar-refractivity contribution is 7.86. The molecule has 3 aromatic rings. The first-order valence-electron chi connectivity index (χ1n) is 8.01. The largest absolute Gasteiger partial charge is 0.349 e. The van der Waals surface area contributed by atoms with E-state index in [0.29, 0.717) is 12.6 Å². The van der Waals surface area contributed by atoms with Crippen molar-refractivity contribution in [2.24, 2.45) is 0 Å². The summed E-state index contributed by atoms with van der Waals surface area (Å²) in [6.07, 6.45) is 2.56. The van der Waals surface area contributed by atoms with E-state index < -0.39 is 10.8 Å². The van der Waals surface area contributed by atoms with E-state index >= 15 is 0 Å². The number of anilines is 1. The first-order valence-corrected chi connectivity index (χ1v) is 9.40. The summed E-state index contributed by atoms with van der Waals surface area (Å²) in [5, 5.41) is 8.87. The Bertz CT molecular complexity index is 927. The molecule has 2 aliphatic heterocycles. The zero-order valence-electron chi connectivity index (χ0n) is 12.9. The Morgan fingerprint density at radius 1 is 1.21 bits per heavy atom. The van der Waals surface area contributed by atoms with Gasteiger partial charge in [0.15, 0.2) is 17.0 Å². The van der Waals surface area contributed by atoms with E-state index in [1.54, 1.807) is 6.33 Å². The fourth-order valence-corrected chi connectivity index (χ4v) is 5.39. The lowest BCUT2D eigenvalue weighted by Crippen LogP contribution is -2.38. The summed E-state index contributed by atoms with van der Waals surface area (Å²) < 4.78 is 13.7. The standard InChI is InChI=1S/C16H16N6OS/c23-24-9-12-6-13(24)8-21(12)15-14-16(18-10-17-15)22(20-19-14)7-11-4-2-1-3-5-11/h1-5,10,12-13H,6-9H2/t12-,13-,24?/m0/s1. The van der Waals surface area contributed by atoms with E-state index in [4.69, 9.17) is 0 Å². The third-order valence-electron chi connectivity index (χ3n) is 4.83. The first-order chi connectivity index (χ1) is 11.8. The molecule has 24 heavy (non-hydrogen) atoms. The molecule has 1 unspecified atom stereocenters. The molecule has 2 saturated heterocycles. The molecule has 0 N–H and O–H groups in total. The maximum Gasteiger partial charge on any atom is 0.184 e. The summed E-state index contributed by atoms with van der Waals surface area (Å²) >= 11 is 0. The van der Waals surface area contributed by atoms with Gasteiger partial charge in [-0.1, -0.05) is 35.5 Å². The number of benzene rings is 1. The van der Waals surface area contributed by atoms with Crippen molar-refractivity contribution in [1.29, 1.82) is 0 Å². The smallest absolute Gasteiger partial charge is 0.184 e. The maximum atomic E-state index is 11.9. The average Bonchev–Trinajstić information content (AvgIpc) is 3.30. The Kier molecular flexibility index (Phi) is 3.12. The minimum absolute atomic E-state index is 0.263. The number of hydrogen-bond acceptors (Lipinski definition) is 6. The van der Waals surface area contributed by atoms with Crippen LogP contribution in [0.2, 0.25) is 0 Å².